The minimum atomic E-state index is -5.36. The molecule has 0 saturated heterocycles. The van der Waals surface area contributed by atoms with Crippen molar-refractivity contribution in [2.45, 2.75) is 74.1 Å². The first-order chi connectivity index (χ1) is 29.3. The van der Waals surface area contributed by atoms with Crippen LogP contribution in [-0.2, 0) is 49.7 Å². The van der Waals surface area contributed by atoms with Gasteiger partial charge in [0.05, 0.1) is 27.9 Å². The number of sulfone groups is 1. The van der Waals surface area contributed by atoms with Crippen LogP contribution in [-0.4, -0.2) is 70.7 Å². The largest absolute Gasteiger partial charge is 0.435 e. The number of rotatable bonds is 11. The number of halogens is 12. The van der Waals surface area contributed by atoms with E-state index in [1.165, 1.54) is 13.8 Å². The van der Waals surface area contributed by atoms with E-state index >= 15 is 8.78 Å². The number of alkyl halides is 8. The number of nitrogens with one attached hydrogen (secondary N) is 1. The van der Waals surface area contributed by atoms with Gasteiger partial charge in [-0.05, 0) is 74.4 Å². The SMILES string of the molecule is CC(C)(C#Cc1ccc(-c2ccc(Cl)c3c(NS(C)(=O)=O)nn(CC(F)(F)F)c23)c([C@@H](Cc2cc(F)cc(F)c2)C(C(N)=O)n2nc(C(F)(F)F)c3c2C(F)(F)[C@@H]2C[C@H]32)n1)S(C)(=O)=O.Cl. The minimum Gasteiger partial charge on any atom is -0.368 e. The molecule has 0 bridgehead atoms. The Balaban J connectivity index is 0.00000700. The molecular formula is C39H33Cl2F10N7O5S2. The molecule has 12 nitrogen and oxygen atoms in total. The average molecular weight is 1000 g/mol. The summed E-state index contributed by atoms with van der Waals surface area (Å²) in [5.74, 6) is -8.67. The van der Waals surface area contributed by atoms with Crippen LogP contribution in [0, 0.1) is 29.4 Å². The third-order valence-electron chi connectivity index (χ3n) is 10.9. The van der Waals surface area contributed by atoms with Gasteiger partial charge in [-0.3, -0.25) is 14.2 Å². The van der Waals surface area contributed by atoms with Crippen LogP contribution in [0.1, 0.15) is 72.0 Å². The van der Waals surface area contributed by atoms with Gasteiger partial charge in [-0.15, -0.1) is 12.4 Å². The van der Waals surface area contributed by atoms with Crippen LogP contribution < -0.4 is 10.5 Å². The fourth-order valence-corrected chi connectivity index (χ4v) is 8.83. The molecule has 1 unspecified atom stereocenters. The molecule has 3 N–H and O–H groups in total. The summed E-state index contributed by atoms with van der Waals surface area (Å²) in [5.41, 5.74) is -0.619. The van der Waals surface area contributed by atoms with Gasteiger partial charge in [0.25, 0.3) is 5.92 Å². The molecule has 4 atom stereocenters. The first-order valence-electron chi connectivity index (χ1n) is 18.6. The van der Waals surface area contributed by atoms with Gasteiger partial charge in [-0.25, -0.2) is 35.3 Å². The summed E-state index contributed by atoms with van der Waals surface area (Å²) in [6.07, 6.45) is -10.1. The van der Waals surface area contributed by atoms with Crippen molar-refractivity contribution in [1.82, 2.24) is 24.5 Å². The van der Waals surface area contributed by atoms with E-state index in [1.54, 1.807) is 0 Å². The zero-order valence-electron chi connectivity index (χ0n) is 33.7. The van der Waals surface area contributed by atoms with Crippen LogP contribution in [0.2, 0.25) is 5.02 Å². The fourth-order valence-electron chi connectivity index (χ4n) is 7.85. The molecule has 5 aromatic rings. The Labute approximate surface area is 374 Å². The van der Waals surface area contributed by atoms with Crippen molar-refractivity contribution in [1.29, 1.82) is 0 Å². The Morgan fingerprint density at radius 3 is 2.15 bits per heavy atom. The number of hydrogen-bond acceptors (Lipinski definition) is 8. The summed E-state index contributed by atoms with van der Waals surface area (Å²) in [5, 5.41) is 6.56. The summed E-state index contributed by atoms with van der Waals surface area (Å²) < 4.78 is 199. The fraction of sp³-hybridized carbons (Fsp3) is 0.385. The molecule has 65 heavy (non-hydrogen) atoms. The number of nitrogens with zero attached hydrogens (tertiary/aromatic N) is 5. The van der Waals surface area contributed by atoms with E-state index in [1.807, 2.05) is 4.72 Å². The molecule has 26 heteroatoms. The lowest BCUT2D eigenvalue weighted by atomic mass is 9.84. The Bertz CT molecular complexity index is 3050. The Kier molecular flexibility index (Phi) is 12.4. The number of benzene rings is 2. The third-order valence-corrected chi connectivity index (χ3v) is 13.7. The molecule has 3 aromatic heterocycles. The third kappa shape index (κ3) is 9.46. The predicted molar refractivity (Wildman–Crippen MR) is 219 cm³/mol. The van der Waals surface area contributed by atoms with Crippen molar-refractivity contribution in [3.63, 3.8) is 0 Å². The number of sulfonamides is 1. The molecule has 0 radical (unpaired) electrons. The van der Waals surface area contributed by atoms with Crippen molar-refractivity contribution < 1.29 is 65.5 Å². The van der Waals surface area contributed by atoms with Gasteiger partial charge in [0.1, 0.15) is 40.4 Å². The second-order valence-electron chi connectivity index (χ2n) is 16.0. The van der Waals surface area contributed by atoms with Crippen molar-refractivity contribution in [2.75, 3.05) is 17.2 Å². The van der Waals surface area contributed by atoms with Gasteiger partial charge < -0.3 is 5.73 Å². The number of amides is 1. The lowest BCUT2D eigenvalue weighted by Gasteiger charge is -2.29. The number of anilines is 1. The summed E-state index contributed by atoms with van der Waals surface area (Å²) in [6, 6.07) is 3.93. The van der Waals surface area contributed by atoms with Gasteiger partial charge in [-0.2, -0.15) is 45.3 Å². The number of nitrogens with two attached hydrogens (primary N) is 1. The molecule has 1 saturated carbocycles. The average Bonchev–Trinajstić information content (AvgIpc) is 3.64. The first-order valence-corrected chi connectivity index (χ1v) is 22.7. The maximum atomic E-state index is 16.2. The van der Waals surface area contributed by atoms with Crippen molar-refractivity contribution in [3.8, 4) is 23.0 Å². The monoisotopic (exact) mass is 1000 g/mol. The van der Waals surface area contributed by atoms with Crippen LogP contribution in [0.3, 0.4) is 0 Å². The molecule has 2 aliphatic rings. The maximum absolute atomic E-state index is 16.2. The molecule has 3 heterocycles. The number of pyridine rings is 1. The summed E-state index contributed by atoms with van der Waals surface area (Å²) in [6.45, 7) is 0.567. The summed E-state index contributed by atoms with van der Waals surface area (Å²) >= 11 is 6.47. The zero-order chi connectivity index (χ0) is 47.4. The van der Waals surface area contributed by atoms with Crippen LogP contribution in [0.25, 0.3) is 22.0 Å². The van der Waals surface area contributed by atoms with Crippen molar-refractivity contribution in [2.24, 2.45) is 11.7 Å². The molecular weight excluding hydrogens is 971 g/mol. The van der Waals surface area contributed by atoms with E-state index in [-0.39, 0.29) is 50.9 Å². The second kappa shape index (κ2) is 16.3. The quantitative estimate of drug-likeness (QED) is 0.0989. The van der Waals surface area contributed by atoms with E-state index in [2.05, 4.69) is 27.0 Å². The lowest BCUT2D eigenvalue weighted by molar-refractivity contribution is -0.143. The molecule has 1 fully saturated rings. The predicted octanol–water partition coefficient (Wildman–Crippen LogP) is 8.04. The highest BCUT2D eigenvalue weighted by Crippen LogP contribution is 2.69. The lowest BCUT2D eigenvalue weighted by Crippen LogP contribution is -2.37. The Morgan fingerprint density at radius 2 is 1.60 bits per heavy atom. The highest BCUT2D eigenvalue weighted by Gasteiger charge is 2.69. The Morgan fingerprint density at radius 1 is 0.985 bits per heavy atom. The normalized spacial score (nSPS) is 18.0. The van der Waals surface area contributed by atoms with Gasteiger partial charge in [-0.1, -0.05) is 23.6 Å². The highest BCUT2D eigenvalue weighted by atomic mass is 35.5. The number of carbonyl (C=O) groups is 1. The van der Waals surface area contributed by atoms with E-state index in [9.17, 15) is 56.8 Å². The van der Waals surface area contributed by atoms with Gasteiger partial charge in [0.15, 0.2) is 21.3 Å². The summed E-state index contributed by atoms with van der Waals surface area (Å²) in [7, 11) is -8.18. The van der Waals surface area contributed by atoms with Crippen molar-refractivity contribution in [3.05, 3.63) is 93.0 Å². The molecule has 2 aromatic carbocycles. The second-order valence-corrected chi connectivity index (χ2v) is 20.8. The first kappa shape index (κ1) is 49.3. The van der Waals surface area contributed by atoms with Gasteiger partial charge in [0.2, 0.25) is 15.9 Å². The van der Waals surface area contributed by atoms with Crippen LogP contribution in [0.5, 0.6) is 0 Å². The smallest absolute Gasteiger partial charge is 0.368 e. The molecule has 7 rings (SSSR count). The zero-order valence-corrected chi connectivity index (χ0v) is 36.9. The van der Waals surface area contributed by atoms with Crippen LogP contribution in [0.4, 0.5) is 49.7 Å². The number of hydrogen-bond donors (Lipinski definition) is 2. The van der Waals surface area contributed by atoms with E-state index in [0.717, 1.165) is 42.7 Å². The van der Waals surface area contributed by atoms with E-state index < -0.39 is 137 Å². The maximum Gasteiger partial charge on any atom is 0.435 e. The standard InChI is InChI=1S/C39H32ClF10N7O5S2.ClH/c1-36(2,63(3,59)60)10-9-20-5-6-21(22-7-8-26(40)28-30(22)56(16-37(43,44)45)54-35(28)55-64(4,61)62)29(52-20)24(13-17-11-18(41)14-19(42)12-17)31(34(51)58)57-33-27(32(53-57)39(48,49)50)23-15-25(23)38(33,46)47;/h5-8,11-12,14,23-25,31H,13,15-16H2,1-4H3,(H2,51,58)(H,54,55);1H/t23-,24+,25+,31?;/m0./s1. The highest BCUT2D eigenvalue weighted by molar-refractivity contribution is 7.92. The van der Waals surface area contributed by atoms with Gasteiger partial charge >= 0.3 is 12.4 Å². The molecule has 0 aliphatic heterocycles. The molecule has 350 valence electrons. The molecule has 2 aliphatic carbocycles. The number of carbonyl (C=O) groups excluding carboxylic acids is 1. The number of aromatic nitrogens is 5. The van der Waals surface area contributed by atoms with E-state index in [0.29, 0.717) is 17.0 Å². The molecule has 0 spiro atoms. The number of primary amides is 1. The minimum absolute atomic E-state index is 0. The van der Waals surface area contributed by atoms with Crippen LogP contribution in [0.15, 0.2) is 42.5 Å². The topological polar surface area (TPSA) is 172 Å². The van der Waals surface area contributed by atoms with Crippen molar-refractivity contribution >= 4 is 66.5 Å². The molecule has 1 amide bonds. The Hall–Kier alpha value is -5.12. The number of fused-ring (bicyclic) bond motifs is 4. The van der Waals surface area contributed by atoms with Gasteiger partial charge in [0, 0.05) is 40.8 Å². The summed E-state index contributed by atoms with van der Waals surface area (Å²) in [4.78, 5) is 18.4. The van der Waals surface area contributed by atoms with E-state index in [4.69, 9.17) is 17.3 Å². The van der Waals surface area contributed by atoms with Crippen LogP contribution >= 0.6 is 24.0 Å².